The highest BCUT2D eigenvalue weighted by molar-refractivity contribution is 7.13. The Hall–Kier alpha value is -3.51. The summed E-state index contributed by atoms with van der Waals surface area (Å²) >= 11 is 1.59. The molecule has 0 amide bonds. The summed E-state index contributed by atoms with van der Waals surface area (Å²) in [5, 5.41) is 2.77. The maximum Gasteiger partial charge on any atom is 0.339 e. The van der Waals surface area contributed by atoms with E-state index in [-0.39, 0.29) is 6.61 Å². The number of aromatic amines is 1. The first-order valence-electron chi connectivity index (χ1n) is 8.82. The summed E-state index contributed by atoms with van der Waals surface area (Å²) in [7, 11) is 0. The fourth-order valence-electron chi connectivity index (χ4n) is 3.18. The number of fused-ring (bicyclic) bond motifs is 2. The second-order valence-electron chi connectivity index (χ2n) is 6.33. The molecule has 2 aromatic carbocycles. The Labute approximate surface area is 164 Å². The summed E-state index contributed by atoms with van der Waals surface area (Å²) in [6.07, 6.45) is 0. The number of hydrogen-bond acceptors (Lipinski definition) is 5. The van der Waals surface area contributed by atoms with E-state index in [1.165, 1.54) is 0 Å². The van der Waals surface area contributed by atoms with E-state index in [2.05, 4.69) is 9.97 Å². The summed E-state index contributed by atoms with van der Waals surface area (Å²) in [6.45, 7) is 0.0818. The monoisotopic (exact) mass is 385 g/mol. The first-order valence-corrected chi connectivity index (χ1v) is 9.70. The first-order chi connectivity index (χ1) is 13.8. The molecule has 3 aromatic heterocycles. The normalized spacial score (nSPS) is 11.1. The SMILES string of the molecule is O=C(OCc1nc2ccccc2[nH]1)c1cc(-c2cccs2)nc2ccccc12. The average Bonchev–Trinajstić information content (AvgIpc) is 3.40. The predicted molar refractivity (Wildman–Crippen MR) is 110 cm³/mol. The van der Waals surface area contributed by atoms with Crippen LogP contribution in [0.15, 0.2) is 72.1 Å². The molecule has 0 spiro atoms. The van der Waals surface area contributed by atoms with Gasteiger partial charge in [-0.2, -0.15) is 0 Å². The molecular weight excluding hydrogens is 370 g/mol. The molecule has 5 nitrogen and oxygen atoms in total. The fraction of sp³-hybridized carbons (Fsp3) is 0.0455. The third-order valence-corrected chi connectivity index (χ3v) is 5.38. The van der Waals surface area contributed by atoms with E-state index in [4.69, 9.17) is 9.72 Å². The Kier molecular flexibility index (Phi) is 4.10. The molecule has 0 aliphatic rings. The van der Waals surface area contributed by atoms with Crippen LogP contribution in [0.2, 0.25) is 0 Å². The van der Waals surface area contributed by atoms with Crippen LogP contribution in [-0.4, -0.2) is 20.9 Å². The highest BCUT2D eigenvalue weighted by atomic mass is 32.1. The van der Waals surface area contributed by atoms with E-state index in [1.54, 1.807) is 17.4 Å². The van der Waals surface area contributed by atoms with Gasteiger partial charge in [-0.3, -0.25) is 0 Å². The van der Waals surface area contributed by atoms with Crippen molar-refractivity contribution in [3.8, 4) is 10.6 Å². The molecule has 5 rings (SSSR count). The maximum atomic E-state index is 12.9. The molecule has 28 heavy (non-hydrogen) atoms. The van der Waals surface area contributed by atoms with Crippen LogP contribution in [0.4, 0.5) is 0 Å². The lowest BCUT2D eigenvalue weighted by molar-refractivity contribution is 0.0466. The van der Waals surface area contributed by atoms with E-state index in [0.29, 0.717) is 11.4 Å². The minimum Gasteiger partial charge on any atom is -0.454 e. The molecule has 0 saturated heterocycles. The third-order valence-electron chi connectivity index (χ3n) is 4.49. The number of H-pyrrole nitrogens is 1. The molecule has 3 heterocycles. The van der Waals surface area contributed by atoms with Crippen LogP contribution < -0.4 is 0 Å². The smallest absolute Gasteiger partial charge is 0.339 e. The molecule has 136 valence electrons. The Morgan fingerprint density at radius 3 is 2.61 bits per heavy atom. The summed E-state index contributed by atoms with van der Waals surface area (Å²) in [6, 6.07) is 21.1. The Morgan fingerprint density at radius 2 is 1.79 bits per heavy atom. The van der Waals surface area contributed by atoms with Gasteiger partial charge in [0.15, 0.2) is 0 Å². The molecule has 0 unspecified atom stereocenters. The number of esters is 1. The lowest BCUT2D eigenvalue weighted by Gasteiger charge is -2.08. The summed E-state index contributed by atoms with van der Waals surface area (Å²) in [4.78, 5) is 26.2. The molecule has 0 radical (unpaired) electrons. The summed E-state index contributed by atoms with van der Waals surface area (Å²) in [5.74, 6) is 0.225. The van der Waals surface area contributed by atoms with Gasteiger partial charge in [0.2, 0.25) is 0 Å². The van der Waals surface area contributed by atoms with E-state index in [0.717, 1.165) is 32.5 Å². The van der Waals surface area contributed by atoms with Gasteiger partial charge in [-0.25, -0.2) is 14.8 Å². The third kappa shape index (κ3) is 3.04. The maximum absolute atomic E-state index is 12.9. The van der Waals surface area contributed by atoms with Crippen molar-refractivity contribution in [2.75, 3.05) is 0 Å². The number of carbonyl (C=O) groups is 1. The van der Waals surface area contributed by atoms with Crippen LogP contribution >= 0.6 is 11.3 Å². The van der Waals surface area contributed by atoms with Crippen molar-refractivity contribution in [1.82, 2.24) is 15.0 Å². The zero-order chi connectivity index (χ0) is 18.9. The number of hydrogen-bond donors (Lipinski definition) is 1. The molecular formula is C22H15N3O2S. The van der Waals surface area contributed by atoms with Crippen LogP contribution in [0.25, 0.3) is 32.5 Å². The largest absolute Gasteiger partial charge is 0.454 e. The zero-order valence-electron chi connectivity index (χ0n) is 14.8. The van der Waals surface area contributed by atoms with Crippen molar-refractivity contribution in [1.29, 1.82) is 0 Å². The molecule has 0 saturated carbocycles. The van der Waals surface area contributed by atoms with Gasteiger partial charge in [-0.05, 0) is 35.7 Å². The van der Waals surface area contributed by atoms with Crippen LogP contribution in [0, 0.1) is 0 Å². The second kappa shape index (κ2) is 6.90. The van der Waals surface area contributed by atoms with Crippen molar-refractivity contribution in [3.05, 3.63) is 83.5 Å². The average molecular weight is 385 g/mol. The number of rotatable bonds is 4. The van der Waals surface area contributed by atoms with Crippen molar-refractivity contribution >= 4 is 39.2 Å². The van der Waals surface area contributed by atoms with E-state index in [9.17, 15) is 4.79 Å². The molecule has 1 N–H and O–H groups in total. The highest BCUT2D eigenvalue weighted by Crippen LogP contribution is 2.28. The zero-order valence-corrected chi connectivity index (χ0v) is 15.6. The van der Waals surface area contributed by atoms with Gasteiger partial charge in [0, 0.05) is 5.39 Å². The first kappa shape index (κ1) is 16.6. The molecule has 0 atom stereocenters. The van der Waals surface area contributed by atoms with Crippen LogP contribution in [0.5, 0.6) is 0 Å². The van der Waals surface area contributed by atoms with E-state index >= 15 is 0 Å². The molecule has 0 aliphatic heterocycles. The molecule has 0 aliphatic carbocycles. The number of pyridine rings is 1. The van der Waals surface area contributed by atoms with Gasteiger partial charge in [0.1, 0.15) is 12.4 Å². The number of thiophene rings is 1. The summed E-state index contributed by atoms with van der Waals surface area (Å²) in [5.41, 5.74) is 3.81. The highest BCUT2D eigenvalue weighted by Gasteiger charge is 2.16. The Morgan fingerprint density at radius 1 is 0.964 bits per heavy atom. The van der Waals surface area contributed by atoms with Crippen molar-refractivity contribution in [2.45, 2.75) is 6.61 Å². The fourth-order valence-corrected chi connectivity index (χ4v) is 3.87. The van der Waals surface area contributed by atoms with Crippen LogP contribution in [0.1, 0.15) is 16.2 Å². The summed E-state index contributed by atoms with van der Waals surface area (Å²) < 4.78 is 5.57. The van der Waals surface area contributed by atoms with Gasteiger partial charge in [-0.1, -0.05) is 36.4 Å². The number of nitrogens with one attached hydrogen (secondary N) is 1. The minimum absolute atomic E-state index is 0.0818. The number of ether oxygens (including phenoxy) is 1. The lowest BCUT2D eigenvalue weighted by Crippen LogP contribution is -2.07. The van der Waals surface area contributed by atoms with E-state index < -0.39 is 5.97 Å². The standard InChI is InChI=1S/C22H15N3O2S/c26-22(27-13-21-24-17-8-3-4-9-18(17)25-21)15-12-19(20-10-5-11-28-20)23-16-7-2-1-6-14(15)16/h1-12H,13H2,(H,24,25). The van der Waals surface area contributed by atoms with Crippen LogP contribution in [-0.2, 0) is 11.3 Å². The van der Waals surface area contributed by atoms with Gasteiger partial charge >= 0.3 is 5.97 Å². The number of carbonyl (C=O) groups excluding carboxylic acids is 1. The number of nitrogens with zero attached hydrogens (tertiary/aromatic N) is 2. The topological polar surface area (TPSA) is 67.9 Å². The number of benzene rings is 2. The van der Waals surface area contributed by atoms with Gasteiger partial charge in [0.25, 0.3) is 0 Å². The quantitative estimate of drug-likeness (QED) is 0.432. The Balaban J connectivity index is 1.48. The van der Waals surface area contributed by atoms with Crippen molar-refractivity contribution in [3.63, 3.8) is 0 Å². The molecule has 6 heteroatoms. The predicted octanol–water partition coefficient (Wildman–Crippen LogP) is 5.20. The van der Waals surface area contributed by atoms with Gasteiger partial charge < -0.3 is 9.72 Å². The van der Waals surface area contributed by atoms with Gasteiger partial charge in [0.05, 0.1) is 32.7 Å². The minimum atomic E-state index is -0.392. The number of aromatic nitrogens is 3. The lowest BCUT2D eigenvalue weighted by atomic mass is 10.1. The number of imidazole rings is 1. The van der Waals surface area contributed by atoms with E-state index in [1.807, 2.05) is 66.0 Å². The van der Waals surface area contributed by atoms with Crippen LogP contribution in [0.3, 0.4) is 0 Å². The van der Waals surface area contributed by atoms with Crippen molar-refractivity contribution < 1.29 is 9.53 Å². The second-order valence-corrected chi connectivity index (χ2v) is 7.27. The number of para-hydroxylation sites is 3. The molecule has 0 bridgehead atoms. The molecule has 0 fully saturated rings. The van der Waals surface area contributed by atoms with Crippen molar-refractivity contribution in [2.24, 2.45) is 0 Å². The van der Waals surface area contributed by atoms with Gasteiger partial charge in [-0.15, -0.1) is 11.3 Å². The molecule has 5 aromatic rings. The Bertz CT molecular complexity index is 1260.